The van der Waals surface area contributed by atoms with E-state index in [2.05, 4.69) is 121 Å². The molecular formula is C32H22Te2. The van der Waals surface area contributed by atoms with Crippen LogP contribution in [0.3, 0.4) is 0 Å². The molecule has 0 radical (unpaired) electrons. The molecule has 0 amide bonds. The van der Waals surface area contributed by atoms with E-state index in [1.165, 1.54) is 18.4 Å². The Morgan fingerprint density at radius 1 is 0.441 bits per heavy atom. The maximum atomic E-state index is 3.32. The summed E-state index contributed by atoms with van der Waals surface area (Å²) in [6.45, 7) is 0. The van der Waals surface area contributed by atoms with Crippen LogP contribution in [0.1, 0.15) is 22.3 Å². The van der Waals surface area contributed by atoms with Gasteiger partial charge in [0.05, 0.1) is 0 Å². The summed E-state index contributed by atoms with van der Waals surface area (Å²) in [4.78, 5) is 0. The summed E-state index contributed by atoms with van der Waals surface area (Å²) >= 11 is -0.812. The first-order valence-corrected chi connectivity index (χ1v) is 20.5. The van der Waals surface area contributed by atoms with Crippen LogP contribution in [-0.4, -0.2) is 34.1 Å². The molecule has 0 saturated carbocycles. The second-order valence-electron chi connectivity index (χ2n) is 7.19. The predicted molar refractivity (Wildman–Crippen MR) is 147 cm³/mol. The van der Waals surface area contributed by atoms with Crippen molar-refractivity contribution < 1.29 is 0 Å². The second-order valence-corrected chi connectivity index (χ2v) is 17.0. The molecule has 0 bridgehead atoms. The standard InChI is InChI=1S/C32H22Te2/c1-5-15-27(16-6-1)19-13-25-31(29-21-9-3-10-22-29)33-34-32(30-23-11-4-12-24-30)26-14-20-28-17-7-2-8-18-28/h1-12,15-18,21-26H/b31-25-,32-26-. The molecule has 0 saturated heterocycles. The molecule has 0 heterocycles. The second kappa shape index (κ2) is 13.7. The third-order valence-corrected chi connectivity index (χ3v) is 16.5. The fraction of sp³-hybridized carbons (Fsp3) is 0. The Bertz CT molecular complexity index is 1250. The van der Waals surface area contributed by atoms with Gasteiger partial charge >= 0.3 is 221 Å². The van der Waals surface area contributed by atoms with E-state index >= 15 is 0 Å². The number of benzene rings is 4. The molecule has 4 rings (SSSR count). The van der Waals surface area contributed by atoms with Gasteiger partial charge in [-0.25, -0.2) is 0 Å². The number of hydrogen-bond donors (Lipinski definition) is 0. The van der Waals surface area contributed by atoms with Crippen LogP contribution in [0.5, 0.6) is 0 Å². The zero-order valence-corrected chi connectivity index (χ0v) is 23.2. The Hall–Kier alpha value is -2.94. The van der Waals surface area contributed by atoms with Crippen molar-refractivity contribution in [1.29, 1.82) is 0 Å². The summed E-state index contributed by atoms with van der Waals surface area (Å²) in [7, 11) is 0. The predicted octanol–water partition coefficient (Wildman–Crippen LogP) is 6.50. The van der Waals surface area contributed by atoms with Crippen molar-refractivity contribution in [3.63, 3.8) is 0 Å². The summed E-state index contributed by atoms with van der Waals surface area (Å²) in [5.41, 5.74) is 4.67. The number of rotatable bonds is 5. The number of hydrogen-bond acceptors (Lipinski definition) is 0. The SMILES string of the molecule is C(#Cc1ccccc1)/C=C(\[Te][Te]/C(=C\C#Cc1ccccc1)c1ccccc1)c1ccccc1. The maximum absolute atomic E-state index is 3.32. The molecule has 0 N–H and O–H groups in total. The summed E-state index contributed by atoms with van der Waals surface area (Å²) < 4.78 is 2.82. The molecule has 4 aromatic rings. The molecule has 0 fully saturated rings. The van der Waals surface area contributed by atoms with Crippen molar-refractivity contribution in [3.8, 4) is 23.7 Å². The van der Waals surface area contributed by atoms with Gasteiger partial charge in [-0.1, -0.05) is 0 Å². The fourth-order valence-electron chi connectivity index (χ4n) is 3.02. The van der Waals surface area contributed by atoms with Crippen molar-refractivity contribution >= 4 is 41.4 Å². The molecule has 34 heavy (non-hydrogen) atoms. The van der Waals surface area contributed by atoms with Crippen LogP contribution in [0.2, 0.25) is 0 Å². The average molecular weight is 662 g/mol. The molecule has 0 aliphatic rings. The molecule has 0 spiro atoms. The Labute approximate surface area is 219 Å². The van der Waals surface area contributed by atoms with Gasteiger partial charge in [0.1, 0.15) is 0 Å². The summed E-state index contributed by atoms with van der Waals surface area (Å²) in [6, 6.07) is 41.8. The van der Waals surface area contributed by atoms with Gasteiger partial charge in [0.2, 0.25) is 0 Å². The van der Waals surface area contributed by atoms with Crippen molar-refractivity contribution in [2.24, 2.45) is 0 Å². The van der Waals surface area contributed by atoms with Crippen LogP contribution in [-0.2, 0) is 0 Å². The third kappa shape index (κ3) is 7.83. The zero-order valence-electron chi connectivity index (χ0n) is 18.5. The van der Waals surface area contributed by atoms with Gasteiger partial charge in [-0.2, -0.15) is 0 Å². The summed E-state index contributed by atoms with van der Waals surface area (Å²) in [5.74, 6) is 13.2. The van der Waals surface area contributed by atoms with Gasteiger partial charge in [0.15, 0.2) is 0 Å². The van der Waals surface area contributed by atoms with Gasteiger partial charge in [0, 0.05) is 0 Å². The normalized spacial score (nSPS) is 11.1. The summed E-state index contributed by atoms with van der Waals surface area (Å²) in [5, 5.41) is 0. The first kappa shape index (κ1) is 24.2. The molecule has 162 valence electrons. The molecule has 4 aromatic carbocycles. The zero-order chi connectivity index (χ0) is 23.3. The van der Waals surface area contributed by atoms with Crippen molar-refractivity contribution in [2.45, 2.75) is 0 Å². The molecule has 0 unspecified atom stereocenters. The Morgan fingerprint density at radius 2 is 0.765 bits per heavy atom. The van der Waals surface area contributed by atoms with Crippen LogP contribution in [0.4, 0.5) is 0 Å². The van der Waals surface area contributed by atoms with Crippen LogP contribution >= 0.6 is 0 Å². The number of allylic oxidation sites excluding steroid dienone is 2. The monoisotopic (exact) mass is 666 g/mol. The van der Waals surface area contributed by atoms with Crippen LogP contribution in [0.25, 0.3) is 7.24 Å². The van der Waals surface area contributed by atoms with Crippen LogP contribution in [0, 0.1) is 23.7 Å². The van der Waals surface area contributed by atoms with E-state index in [0.717, 1.165) is 11.1 Å². The third-order valence-electron chi connectivity index (χ3n) is 4.72. The van der Waals surface area contributed by atoms with Crippen LogP contribution < -0.4 is 0 Å². The van der Waals surface area contributed by atoms with Crippen molar-refractivity contribution in [3.05, 3.63) is 156 Å². The topological polar surface area (TPSA) is 0 Å². The van der Waals surface area contributed by atoms with E-state index in [-0.39, 0.29) is 0 Å². The quantitative estimate of drug-likeness (QED) is 0.170. The van der Waals surface area contributed by atoms with E-state index < -0.39 is 34.1 Å². The molecule has 0 aliphatic carbocycles. The van der Waals surface area contributed by atoms with Gasteiger partial charge in [-0.3, -0.25) is 0 Å². The minimum absolute atomic E-state index is 0.406. The van der Waals surface area contributed by atoms with Gasteiger partial charge in [-0.05, 0) is 0 Å². The Kier molecular flexibility index (Phi) is 9.74. The summed E-state index contributed by atoms with van der Waals surface area (Å²) in [6.07, 6.45) is 4.29. The first-order chi connectivity index (χ1) is 16.9. The Morgan fingerprint density at radius 3 is 1.12 bits per heavy atom. The first-order valence-electron chi connectivity index (χ1n) is 10.9. The molecule has 0 aliphatic heterocycles. The molecule has 0 atom stereocenters. The van der Waals surface area contributed by atoms with E-state index in [0.29, 0.717) is 0 Å². The Balaban J connectivity index is 1.60. The molecule has 2 heteroatoms. The van der Waals surface area contributed by atoms with Gasteiger partial charge in [0.25, 0.3) is 0 Å². The average Bonchev–Trinajstić information content (AvgIpc) is 2.91. The van der Waals surface area contributed by atoms with Crippen molar-refractivity contribution in [2.75, 3.05) is 0 Å². The van der Waals surface area contributed by atoms with Crippen molar-refractivity contribution in [1.82, 2.24) is 0 Å². The van der Waals surface area contributed by atoms with Gasteiger partial charge in [-0.15, -0.1) is 0 Å². The van der Waals surface area contributed by atoms with E-state index in [1.807, 2.05) is 36.4 Å². The van der Waals surface area contributed by atoms with Gasteiger partial charge < -0.3 is 0 Å². The molecular weight excluding hydrogens is 640 g/mol. The molecule has 0 nitrogen and oxygen atoms in total. The fourth-order valence-corrected chi connectivity index (χ4v) is 14.4. The molecule has 0 aromatic heterocycles. The van der Waals surface area contributed by atoms with E-state index in [4.69, 9.17) is 0 Å². The van der Waals surface area contributed by atoms with E-state index in [9.17, 15) is 0 Å². The van der Waals surface area contributed by atoms with E-state index in [1.54, 1.807) is 0 Å². The minimum atomic E-state index is -0.406. The van der Waals surface area contributed by atoms with Crippen LogP contribution in [0.15, 0.2) is 133 Å².